The van der Waals surface area contributed by atoms with E-state index in [0.717, 1.165) is 42.2 Å². The predicted octanol–water partition coefficient (Wildman–Crippen LogP) is 5.77. The number of aliphatic hydroxyl groups is 1. The van der Waals surface area contributed by atoms with Crippen LogP contribution in [0.1, 0.15) is 25.8 Å². The maximum absolute atomic E-state index is 10.6. The number of aromatic nitrogens is 2. The van der Waals surface area contributed by atoms with Crippen LogP contribution in [0.25, 0.3) is 11.0 Å². The van der Waals surface area contributed by atoms with E-state index in [2.05, 4.69) is 9.47 Å². The highest BCUT2D eigenvalue weighted by Crippen LogP contribution is 2.41. The average molecular weight is 411 g/mol. The van der Waals surface area contributed by atoms with Crippen LogP contribution in [0.4, 0.5) is 11.6 Å². The number of halogens is 3. The van der Waals surface area contributed by atoms with Crippen molar-refractivity contribution in [3.63, 3.8) is 0 Å². The Hall–Kier alpha value is -1.46. The van der Waals surface area contributed by atoms with Gasteiger partial charge in [0.1, 0.15) is 5.52 Å². The highest BCUT2D eigenvalue weighted by molar-refractivity contribution is 6.36. The number of aryl methyl sites for hydroxylation is 1. The zero-order valence-electron chi connectivity index (χ0n) is 14.4. The van der Waals surface area contributed by atoms with Gasteiger partial charge in [-0.3, -0.25) is 0 Å². The fraction of sp³-hybridized carbons (Fsp3) is 0.316. The molecule has 0 fully saturated rings. The average Bonchev–Trinajstić information content (AvgIpc) is 2.95. The van der Waals surface area contributed by atoms with Gasteiger partial charge in [0, 0.05) is 23.7 Å². The monoisotopic (exact) mass is 409 g/mol. The Balaban J connectivity index is 1.98. The largest absolute Gasteiger partial charge is 0.386 e. The van der Waals surface area contributed by atoms with Crippen molar-refractivity contribution in [2.24, 2.45) is 0 Å². The Morgan fingerprint density at radius 3 is 2.50 bits per heavy atom. The van der Waals surface area contributed by atoms with E-state index in [1.54, 1.807) is 26.0 Å². The van der Waals surface area contributed by atoms with Gasteiger partial charge in [-0.25, -0.2) is 4.98 Å². The van der Waals surface area contributed by atoms with Crippen LogP contribution in [0.2, 0.25) is 15.1 Å². The second-order valence-electron chi connectivity index (χ2n) is 7.02. The molecule has 136 valence electrons. The van der Waals surface area contributed by atoms with E-state index in [1.165, 1.54) is 0 Å². The van der Waals surface area contributed by atoms with Crippen LogP contribution in [-0.4, -0.2) is 21.2 Å². The number of rotatable bonds is 2. The molecule has 0 saturated carbocycles. The Morgan fingerprint density at radius 2 is 1.81 bits per heavy atom. The number of nitrogens with zero attached hydrogens (tertiary/aromatic N) is 3. The molecule has 26 heavy (non-hydrogen) atoms. The molecule has 1 N–H and O–H groups in total. The molecule has 1 aromatic heterocycles. The van der Waals surface area contributed by atoms with Gasteiger partial charge < -0.3 is 14.6 Å². The molecule has 2 aromatic carbocycles. The SMILES string of the molecule is CC(C)(O)c1ccc(Cl)c2nc3n(c12)CCCN3c1ccc(Cl)cc1Cl. The lowest BCUT2D eigenvalue weighted by molar-refractivity contribution is 0.0798. The van der Waals surface area contributed by atoms with Crippen molar-refractivity contribution < 1.29 is 5.11 Å². The van der Waals surface area contributed by atoms with E-state index in [-0.39, 0.29) is 0 Å². The summed E-state index contributed by atoms with van der Waals surface area (Å²) in [5.41, 5.74) is 2.22. The van der Waals surface area contributed by atoms with Crippen LogP contribution < -0.4 is 4.90 Å². The molecule has 0 saturated heterocycles. The van der Waals surface area contributed by atoms with Crippen molar-refractivity contribution in [1.29, 1.82) is 0 Å². The minimum atomic E-state index is -1.00. The van der Waals surface area contributed by atoms with Crippen LogP contribution in [0, 0.1) is 0 Å². The maximum Gasteiger partial charge on any atom is 0.211 e. The first kappa shape index (κ1) is 17.9. The molecule has 4 rings (SSSR count). The summed E-state index contributed by atoms with van der Waals surface area (Å²) in [4.78, 5) is 6.88. The number of anilines is 2. The lowest BCUT2D eigenvalue weighted by atomic mass is 9.97. The van der Waals surface area contributed by atoms with E-state index >= 15 is 0 Å². The van der Waals surface area contributed by atoms with E-state index in [4.69, 9.17) is 39.8 Å². The molecule has 0 aliphatic carbocycles. The molecular weight excluding hydrogens is 393 g/mol. The molecular formula is C19H18Cl3N3O. The first-order valence-electron chi connectivity index (χ1n) is 8.41. The summed E-state index contributed by atoms with van der Waals surface area (Å²) in [6, 6.07) is 9.11. The third-order valence-electron chi connectivity index (χ3n) is 4.69. The van der Waals surface area contributed by atoms with Gasteiger partial charge in [0.2, 0.25) is 5.95 Å². The normalized spacial score (nSPS) is 14.8. The van der Waals surface area contributed by atoms with Crippen LogP contribution >= 0.6 is 34.8 Å². The Labute approximate surface area is 166 Å². The standard InChI is InChI=1S/C19H18Cl3N3O/c1-19(2,26)12-5-6-13(21)16-17(12)25-9-3-8-24(18(25)23-16)15-7-4-11(20)10-14(15)22/h4-7,10,26H,3,8-9H2,1-2H3. The quantitative estimate of drug-likeness (QED) is 0.583. The smallest absolute Gasteiger partial charge is 0.211 e. The number of imidazole rings is 1. The van der Waals surface area contributed by atoms with Crippen LogP contribution in [0.15, 0.2) is 30.3 Å². The molecule has 4 nitrogen and oxygen atoms in total. The van der Waals surface area contributed by atoms with Crippen molar-refractivity contribution in [1.82, 2.24) is 9.55 Å². The Bertz CT molecular complexity index is 1010. The summed E-state index contributed by atoms with van der Waals surface area (Å²) in [7, 11) is 0. The van der Waals surface area contributed by atoms with Crippen LogP contribution in [0.3, 0.4) is 0 Å². The Kier molecular flexibility index (Phi) is 4.35. The Morgan fingerprint density at radius 1 is 1.04 bits per heavy atom. The fourth-order valence-electron chi connectivity index (χ4n) is 3.52. The minimum absolute atomic E-state index is 0.567. The first-order chi connectivity index (χ1) is 12.3. The predicted molar refractivity (Wildman–Crippen MR) is 108 cm³/mol. The van der Waals surface area contributed by atoms with Gasteiger partial charge in [0.25, 0.3) is 0 Å². The van der Waals surface area contributed by atoms with Gasteiger partial charge in [0.15, 0.2) is 0 Å². The minimum Gasteiger partial charge on any atom is -0.386 e. The summed E-state index contributed by atoms with van der Waals surface area (Å²) in [6.07, 6.45) is 0.926. The van der Waals surface area contributed by atoms with Gasteiger partial charge in [-0.05, 0) is 44.5 Å². The summed E-state index contributed by atoms with van der Waals surface area (Å²) < 4.78 is 2.11. The number of hydrogen-bond acceptors (Lipinski definition) is 3. The summed E-state index contributed by atoms with van der Waals surface area (Å²) in [6.45, 7) is 5.13. The van der Waals surface area contributed by atoms with Crippen molar-refractivity contribution in [3.8, 4) is 0 Å². The second kappa shape index (κ2) is 6.31. The van der Waals surface area contributed by atoms with Gasteiger partial charge in [-0.1, -0.05) is 40.9 Å². The van der Waals surface area contributed by atoms with Crippen molar-refractivity contribution in [3.05, 3.63) is 51.0 Å². The molecule has 1 aliphatic heterocycles. The van der Waals surface area contributed by atoms with Crippen molar-refractivity contribution in [2.75, 3.05) is 11.4 Å². The fourth-order valence-corrected chi connectivity index (χ4v) is 4.23. The number of fused-ring (bicyclic) bond motifs is 3. The molecule has 0 amide bonds. The topological polar surface area (TPSA) is 41.3 Å². The third kappa shape index (κ3) is 2.85. The molecule has 0 atom stereocenters. The number of hydrogen-bond donors (Lipinski definition) is 1. The summed E-state index contributed by atoms with van der Waals surface area (Å²) >= 11 is 18.9. The highest BCUT2D eigenvalue weighted by Gasteiger charge is 2.29. The molecule has 1 aliphatic rings. The lowest BCUT2D eigenvalue weighted by Gasteiger charge is -2.30. The van der Waals surface area contributed by atoms with Crippen LogP contribution in [0.5, 0.6) is 0 Å². The molecule has 0 bridgehead atoms. The zero-order valence-corrected chi connectivity index (χ0v) is 16.7. The van der Waals surface area contributed by atoms with Crippen LogP contribution in [-0.2, 0) is 12.1 Å². The zero-order chi connectivity index (χ0) is 18.6. The molecule has 2 heterocycles. The molecule has 3 aromatic rings. The van der Waals surface area contributed by atoms with Crippen molar-refractivity contribution >= 4 is 57.5 Å². The molecule has 0 spiro atoms. The second-order valence-corrected chi connectivity index (χ2v) is 8.27. The van der Waals surface area contributed by atoms with Gasteiger partial charge >= 0.3 is 0 Å². The van der Waals surface area contributed by atoms with E-state index in [9.17, 15) is 5.11 Å². The number of benzene rings is 2. The van der Waals surface area contributed by atoms with E-state index in [0.29, 0.717) is 20.6 Å². The maximum atomic E-state index is 10.6. The van der Waals surface area contributed by atoms with E-state index in [1.807, 2.05) is 18.2 Å². The van der Waals surface area contributed by atoms with Gasteiger partial charge in [-0.15, -0.1) is 0 Å². The lowest BCUT2D eigenvalue weighted by Crippen LogP contribution is -2.29. The third-order valence-corrected chi connectivity index (χ3v) is 5.53. The van der Waals surface area contributed by atoms with E-state index < -0.39 is 5.60 Å². The highest BCUT2D eigenvalue weighted by atomic mass is 35.5. The van der Waals surface area contributed by atoms with Crippen molar-refractivity contribution in [2.45, 2.75) is 32.4 Å². The summed E-state index contributed by atoms with van der Waals surface area (Å²) in [5.74, 6) is 0.772. The van der Waals surface area contributed by atoms with Gasteiger partial charge in [0.05, 0.1) is 26.9 Å². The molecule has 0 radical (unpaired) electrons. The summed E-state index contributed by atoms with van der Waals surface area (Å²) in [5, 5.41) is 12.4. The first-order valence-corrected chi connectivity index (χ1v) is 9.55. The molecule has 0 unspecified atom stereocenters. The van der Waals surface area contributed by atoms with Gasteiger partial charge in [-0.2, -0.15) is 0 Å². The molecule has 7 heteroatoms.